The molecule has 24 heavy (non-hydrogen) atoms. The number of sulfonamides is 1. The van der Waals surface area contributed by atoms with Crippen molar-refractivity contribution in [2.45, 2.75) is 30.8 Å². The summed E-state index contributed by atoms with van der Waals surface area (Å²) in [6.45, 7) is 2.21. The monoisotopic (exact) mass is 394 g/mol. The molecule has 1 unspecified atom stereocenters. The van der Waals surface area contributed by atoms with E-state index < -0.39 is 16.1 Å². The van der Waals surface area contributed by atoms with Crippen LogP contribution < -0.4 is 5.32 Å². The molecule has 1 aromatic carbocycles. The van der Waals surface area contributed by atoms with E-state index in [4.69, 9.17) is 23.2 Å². The third-order valence-electron chi connectivity index (χ3n) is 3.91. The fraction of sp³-hybridized carbons (Fsp3) is 0.533. The molecule has 6 nitrogen and oxygen atoms in total. The van der Waals surface area contributed by atoms with E-state index in [0.29, 0.717) is 12.8 Å². The molecule has 0 spiro atoms. The van der Waals surface area contributed by atoms with Gasteiger partial charge < -0.3 is 10.4 Å². The Hall–Kier alpha value is -0.860. The topological polar surface area (TPSA) is 86.7 Å². The molecule has 0 aliphatic carbocycles. The van der Waals surface area contributed by atoms with Gasteiger partial charge in [0.1, 0.15) is 4.90 Å². The van der Waals surface area contributed by atoms with Gasteiger partial charge in [0, 0.05) is 25.6 Å². The van der Waals surface area contributed by atoms with Crippen LogP contribution in [0, 0.1) is 5.92 Å². The Morgan fingerprint density at radius 3 is 2.38 bits per heavy atom. The molecule has 0 bridgehead atoms. The first-order valence-corrected chi connectivity index (χ1v) is 9.83. The molecule has 1 heterocycles. The smallest absolute Gasteiger partial charge is 0.246 e. The molecular formula is C15H20Cl2N2O4S. The highest BCUT2D eigenvalue weighted by Gasteiger charge is 2.34. The molecule has 1 amide bonds. The van der Waals surface area contributed by atoms with Crippen molar-refractivity contribution < 1.29 is 18.3 Å². The van der Waals surface area contributed by atoms with Crippen LogP contribution in [0.25, 0.3) is 0 Å². The molecule has 1 aliphatic heterocycles. The number of aliphatic hydroxyl groups is 1. The number of rotatable bonds is 5. The van der Waals surface area contributed by atoms with Gasteiger partial charge in [-0.15, -0.1) is 0 Å². The summed E-state index contributed by atoms with van der Waals surface area (Å²) >= 11 is 12.0. The number of benzene rings is 1. The lowest BCUT2D eigenvalue weighted by Gasteiger charge is -2.31. The van der Waals surface area contributed by atoms with Crippen molar-refractivity contribution in [2.24, 2.45) is 5.92 Å². The molecule has 134 valence electrons. The van der Waals surface area contributed by atoms with Gasteiger partial charge in [0.25, 0.3) is 0 Å². The Labute approximate surface area is 151 Å². The van der Waals surface area contributed by atoms with Gasteiger partial charge in [0.05, 0.1) is 16.1 Å². The normalized spacial score (nSPS) is 18.3. The molecular weight excluding hydrogens is 375 g/mol. The Bertz CT molecular complexity index is 681. The molecule has 1 aromatic rings. The van der Waals surface area contributed by atoms with Crippen LogP contribution in [0.5, 0.6) is 0 Å². The van der Waals surface area contributed by atoms with Crippen molar-refractivity contribution in [3.05, 3.63) is 28.2 Å². The number of hydrogen-bond acceptors (Lipinski definition) is 4. The van der Waals surface area contributed by atoms with Crippen molar-refractivity contribution in [3.8, 4) is 0 Å². The lowest BCUT2D eigenvalue weighted by Crippen LogP contribution is -2.44. The zero-order valence-electron chi connectivity index (χ0n) is 13.2. The van der Waals surface area contributed by atoms with Crippen molar-refractivity contribution in [1.82, 2.24) is 9.62 Å². The number of nitrogens with one attached hydrogen (secondary N) is 1. The van der Waals surface area contributed by atoms with E-state index in [9.17, 15) is 18.3 Å². The van der Waals surface area contributed by atoms with Gasteiger partial charge in [-0.2, -0.15) is 4.31 Å². The number of hydrogen-bond donors (Lipinski definition) is 2. The second-order valence-corrected chi connectivity index (χ2v) is 8.51. The van der Waals surface area contributed by atoms with Crippen molar-refractivity contribution in [2.75, 3.05) is 19.6 Å². The minimum atomic E-state index is -3.80. The molecule has 9 heteroatoms. The molecule has 0 saturated carbocycles. The summed E-state index contributed by atoms with van der Waals surface area (Å²) in [5.41, 5.74) is 0. The summed E-state index contributed by atoms with van der Waals surface area (Å²) < 4.78 is 26.8. The Kier molecular flexibility index (Phi) is 6.50. The van der Waals surface area contributed by atoms with Gasteiger partial charge in [0.15, 0.2) is 0 Å². The number of halogens is 2. The summed E-state index contributed by atoms with van der Waals surface area (Å²) in [6.07, 6.45) is 0.205. The molecule has 1 aliphatic rings. The maximum atomic E-state index is 12.7. The molecule has 2 N–H and O–H groups in total. The summed E-state index contributed by atoms with van der Waals surface area (Å²) in [5, 5.41) is 12.0. The van der Waals surface area contributed by atoms with E-state index in [1.54, 1.807) is 13.0 Å². The summed E-state index contributed by atoms with van der Waals surface area (Å²) in [5.74, 6) is -0.430. The lowest BCUT2D eigenvalue weighted by molar-refractivity contribution is -0.126. The number of nitrogens with zero attached hydrogens (tertiary/aromatic N) is 1. The highest BCUT2D eigenvalue weighted by atomic mass is 35.5. The van der Waals surface area contributed by atoms with Gasteiger partial charge in [-0.3, -0.25) is 4.79 Å². The van der Waals surface area contributed by atoms with Crippen LogP contribution in [0.2, 0.25) is 10.0 Å². The third kappa shape index (κ3) is 4.40. The number of carbonyl (C=O) groups excluding carboxylic acids is 1. The van der Waals surface area contributed by atoms with Gasteiger partial charge in [-0.25, -0.2) is 8.42 Å². The van der Waals surface area contributed by atoms with E-state index in [0.717, 1.165) is 0 Å². The SMILES string of the molecule is CC(O)CNC(=O)C1CCN(S(=O)(=O)c2c(Cl)cccc2Cl)CC1. The molecule has 2 rings (SSSR count). The fourth-order valence-electron chi connectivity index (χ4n) is 2.61. The van der Waals surface area contributed by atoms with Crippen LogP contribution in [-0.4, -0.2) is 49.5 Å². The molecule has 1 fully saturated rings. The van der Waals surface area contributed by atoms with Crippen LogP contribution >= 0.6 is 23.2 Å². The van der Waals surface area contributed by atoms with Crippen molar-refractivity contribution in [3.63, 3.8) is 0 Å². The molecule has 0 radical (unpaired) electrons. The van der Waals surface area contributed by atoms with Gasteiger partial charge >= 0.3 is 0 Å². The highest BCUT2D eigenvalue weighted by molar-refractivity contribution is 7.89. The number of aliphatic hydroxyl groups excluding tert-OH is 1. The van der Waals surface area contributed by atoms with E-state index in [1.165, 1.54) is 16.4 Å². The predicted molar refractivity (Wildman–Crippen MR) is 92.6 cm³/mol. The second kappa shape index (κ2) is 8.01. The number of carbonyl (C=O) groups is 1. The zero-order valence-corrected chi connectivity index (χ0v) is 15.5. The first-order chi connectivity index (χ1) is 11.2. The third-order valence-corrected chi connectivity index (χ3v) is 6.77. The summed E-state index contributed by atoms with van der Waals surface area (Å²) in [7, 11) is -3.80. The molecule has 1 saturated heterocycles. The fourth-order valence-corrected chi connectivity index (χ4v) is 5.17. The minimum Gasteiger partial charge on any atom is -0.392 e. The predicted octanol–water partition coefficient (Wildman–Crippen LogP) is 1.89. The van der Waals surface area contributed by atoms with Crippen molar-refractivity contribution in [1.29, 1.82) is 0 Å². The highest BCUT2D eigenvalue weighted by Crippen LogP contribution is 2.33. The maximum absolute atomic E-state index is 12.7. The van der Waals surface area contributed by atoms with Gasteiger partial charge in [-0.05, 0) is 31.9 Å². The maximum Gasteiger partial charge on any atom is 0.246 e. The lowest BCUT2D eigenvalue weighted by atomic mass is 9.97. The second-order valence-electron chi connectivity index (χ2n) is 5.82. The van der Waals surface area contributed by atoms with Crippen LogP contribution in [0.15, 0.2) is 23.1 Å². The Morgan fingerprint density at radius 2 is 1.88 bits per heavy atom. The van der Waals surface area contributed by atoms with Gasteiger partial charge in [-0.1, -0.05) is 29.3 Å². The number of piperidine rings is 1. The van der Waals surface area contributed by atoms with E-state index in [-0.39, 0.29) is 46.4 Å². The molecule has 0 aromatic heterocycles. The summed E-state index contributed by atoms with van der Waals surface area (Å²) in [6, 6.07) is 4.55. The standard InChI is InChI=1S/C15H20Cl2N2O4S/c1-10(20)9-18-15(21)11-5-7-19(8-6-11)24(22,23)14-12(16)3-2-4-13(14)17/h2-4,10-11,20H,5-9H2,1H3,(H,18,21). The summed E-state index contributed by atoms with van der Waals surface area (Å²) in [4.78, 5) is 11.9. The van der Waals surface area contributed by atoms with Crippen LogP contribution in [0.1, 0.15) is 19.8 Å². The minimum absolute atomic E-state index is 0.0827. The first-order valence-electron chi connectivity index (χ1n) is 7.63. The van der Waals surface area contributed by atoms with E-state index in [1.807, 2.05) is 0 Å². The van der Waals surface area contributed by atoms with Crippen LogP contribution in [-0.2, 0) is 14.8 Å². The first kappa shape index (κ1) is 19.5. The van der Waals surface area contributed by atoms with Crippen molar-refractivity contribution >= 4 is 39.1 Å². The average molecular weight is 395 g/mol. The van der Waals surface area contributed by atoms with E-state index >= 15 is 0 Å². The molecule has 1 atom stereocenters. The zero-order chi connectivity index (χ0) is 17.9. The van der Waals surface area contributed by atoms with Gasteiger partial charge in [0.2, 0.25) is 15.9 Å². The average Bonchev–Trinajstić information content (AvgIpc) is 2.52. The quantitative estimate of drug-likeness (QED) is 0.797. The van der Waals surface area contributed by atoms with Crippen LogP contribution in [0.3, 0.4) is 0 Å². The largest absolute Gasteiger partial charge is 0.392 e. The Morgan fingerprint density at radius 1 is 1.33 bits per heavy atom. The Balaban J connectivity index is 2.05. The van der Waals surface area contributed by atoms with Crippen LogP contribution in [0.4, 0.5) is 0 Å². The van der Waals surface area contributed by atoms with E-state index in [2.05, 4.69) is 5.32 Å². The number of amides is 1.